The van der Waals surface area contributed by atoms with Crippen molar-refractivity contribution in [1.82, 2.24) is 4.90 Å². The van der Waals surface area contributed by atoms with Gasteiger partial charge in [0, 0.05) is 24.7 Å². The van der Waals surface area contributed by atoms with Crippen LogP contribution < -0.4 is 5.73 Å². The van der Waals surface area contributed by atoms with Gasteiger partial charge in [0.25, 0.3) is 5.91 Å². The largest absolute Gasteiger partial charge is 0.508 e. The number of nitrogens with two attached hydrogens (primary N) is 1. The Morgan fingerprint density at radius 2 is 2.38 bits per heavy atom. The first kappa shape index (κ1) is 11.0. The fourth-order valence-corrected chi connectivity index (χ4v) is 2.15. The Kier molecular flexibility index (Phi) is 3.10. The van der Waals surface area contributed by atoms with E-state index in [0.717, 1.165) is 19.4 Å². The summed E-state index contributed by atoms with van der Waals surface area (Å²) in [5.41, 5.74) is 6.15. The molecule has 3 N–H and O–H groups in total. The Morgan fingerprint density at radius 3 is 3.06 bits per heavy atom. The number of likely N-dealkylation sites (tertiary alicyclic amines) is 1. The fourth-order valence-electron chi connectivity index (χ4n) is 2.15. The Bertz CT molecular complexity index is 392. The minimum absolute atomic E-state index is 0.0381. The van der Waals surface area contributed by atoms with E-state index in [1.165, 1.54) is 6.07 Å². The van der Waals surface area contributed by atoms with Crippen LogP contribution >= 0.6 is 0 Å². The molecule has 1 aliphatic rings. The minimum atomic E-state index is -0.0381. The van der Waals surface area contributed by atoms with Gasteiger partial charge in [-0.25, -0.2) is 0 Å². The summed E-state index contributed by atoms with van der Waals surface area (Å²) in [5.74, 6) is 0.0817. The van der Waals surface area contributed by atoms with E-state index >= 15 is 0 Å². The van der Waals surface area contributed by atoms with Gasteiger partial charge in [0.15, 0.2) is 0 Å². The van der Waals surface area contributed by atoms with Crippen LogP contribution in [0, 0.1) is 0 Å². The number of amides is 1. The first-order valence-corrected chi connectivity index (χ1v) is 5.52. The lowest BCUT2D eigenvalue weighted by molar-refractivity contribution is 0.0741. The number of phenols is 1. The van der Waals surface area contributed by atoms with Gasteiger partial charge in [-0.15, -0.1) is 0 Å². The zero-order valence-corrected chi connectivity index (χ0v) is 9.10. The van der Waals surface area contributed by atoms with Gasteiger partial charge in [-0.05, 0) is 31.0 Å². The lowest BCUT2D eigenvalue weighted by Gasteiger charge is -2.23. The van der Waals surface area contributed by atoms with Crippen molar-refractivity contribution in [2.75, 3.05) is 13.1 Å². The van der Waals surface area contributed by atoms with Crippen LogP contribution in [-0.2, 0) is 0 Å². The van der Waals surface area contributed by atoms with E-state index in [-0.39, 0.29) is 17.7 Å². The molecule has 1 amide bonds. The number of rotatable bonds is 2. The predicted molar refractivity (Wildman–Crippen MR) is 61.2 cm³/mol. The third-order valence-corrected chi connectivity index (χ3v) is 3.00. The maximum absolute atomic E-state index is 12.1. The average molecular weight is 220 g/mol. The molecule has 16 heavy (non-hydrogen) atoms. The molecule has 1 aromatic rings. The molecule has 1 fully saturated rings. The molecule has 2 rings (SSSR count). The highest BCUT2D eigenvalue weighted by atomic mass is 16.3. The van der Waals surface area contributed by atoms with Gasteiger partial charge in [0.05, 0.1) is 0 Å². The number of aromatic hydroxyl groups is 1. The van der Waals surface area contributed by atoms with Crippen molar-refractivity contribution >= 4 is 5.91 Å². The lowest BCUT2D eigenvalue weighted by atomic mass is 10.1. The van der Waals surface area contributed by atoms with Gasteiger partial charge in [0.1, 0.15) is 5.75 Å². The zero-order valence-electron chi connectivity index (χ0n) is 9.10. The monoisotopic (exact) mass is 220 g/mol. The van der Waals surface area contributed by atoms with Crippen LogP contribution in [0.1, 0.15) is 23.2 Å². The van der Waals surface area contributed by atoms with Gasteiger partial charge >= 0.3 is 0 Å². The summed E-state index contributed by atoms with van der Waals surface area (Å²) in [4.78, 5) is 13.9. The van der Waals surface area contributed by atoms with Gasteiger partial charge < -0.3 is 15.7 Å². The number of hydrogen-bond donors (Lipinski definition) is 2. The van der Waals surface area contributed by atoms with Crippen LogP contribution in [-0.4, -0.2) is 35.0 Å². The lowest BCUT2D eigenvalue weighted by Crippen LogP contribution is -2.39. The quantitative estimate of drug-likeness (QED) is 0.780. The van der Waals surface area contributed by atoms with Crippen LogP contribution in [0.15, 0.2) is 24.3 Å². The minimum Gasteiger partial charge on any atom is -0.508 e. The van der Waals surface area contributed by atoms with Gasteiger partial charge in [0.2, 0.25) is 0 Å². The maximum Gasteiger partial charge on any atom is 0.254 e. The van der Waals surface area contributed by atoms with Crippen molar-refractivity contribution in [3.8, 4) is 5.75 Å². The second kappa shape index (κ2) is 4.53. The summed E-state index contributed by atoms with van der Waals surface area (Å²) in [6.07, 6.45) is 1.98. The molecule has 0 aromatic heterocycles. The normalized spacial score (nSPS) is 20.1. The van der Waals surface area contributed by atoms with Crippen molar-refractivity contribution < 1.29 is 9.90 Å². The third-order valence-electron chi connectivity index (χ3n) is 3.00. The van der Waals surface area contributed by atoms with Crippen molar-refractivity contribution in [1.29, 1.82) is 0 Å². The van der Waals surface area contributed by atoms with Crippen molar-refractivity contribution in [3.63, 3.8) is 0 Å². The van der Waals surface area contributed by atoms with Crippen molar-refractivity contribution in [3.05, 3.63) is 29.8 Å². The first-order chi connectivity index (χ1) is 7.72. The molecule has 1 aliphatic heterocycles. The van der Waals surface area contributed by atoms with Crippen molar-refractivity contribution in [2.45, 2.75) is 18.9 Å². The first-order valence-electron chi connectivity index (χ1n) is 5.52. The van der Waals surface area contributed by atoms with Crippen LogP contribution in [0.4, 0.5) is 0 Å². The second-order valence-corrected chi connectivity index (χ2v) is 4.08. The van der Waals surface area contributed by atoms with Gasteiger partial charge in [-0.2, -0.15) is 0 Å². The van der Waals surface area contributed by atoms with E-state index in [1.807, 2.05) is 0 Å². The van der Waals surface area contributed by atoms with Crippen LogP contribution in [0.3, 0.4) is 0 Å². The third kappa shape index (κ3) is 2.02. The molecule has 1 atom stereocenters. The molecule has 4 heteroatoms. The molecule has 4 nitrogen and oxygen atoms in total. The SMILES string of the molecule is NCC1CCCN1C(=O)c1cccc(O)c1. The second-order valence-electron chi connectivity index (χ2n) is 4.08. The maximum atomic E-state index is 12.1. The van der Waals surface area contributed by atoms with Crippen molar-refractivity contribution in [2.24, 2.45) is 5.73 Å². The number of benzene rings is 1. The standard InChI is InChI=1S/C12H16N2O2/c13-8-10-4-2-6-14(10)12(16)9-3-1-5-11(15)7-9/h1,3,5,7,10,15H,2,4,6,8,13H2. The molecule has 0 radical (unpaired) electrons. The van der Waals surface area contributed by atoms with E-state index in [1.54, 1.807) is 23.1 Å². The topological polar surface area (TPSA) is 66.6 Å². The van der Waals surface area contributed by atoms with E-state index in [2.05, 4.69) is 0 Å². The highest BCUT2D eigenvalue weighted by Crippen LogP contribution is 2.20. The van der Waals surface area contributed by atoms with Gasteiger partial charge in [-0.3, -0.25) is 4.79 Å². The number of carbonyl (C=O) groups excluding carboxylic acids is 1. The molecule has 1 saturated heterocycles. The smallest absolute Gasteiger partial charge is 0.254 e. The summed E-state index contributed by atoms with van der Waals surface area (Å²) in [5, 5.41) is 9.33. The summed E-state index contributed by atoms with van der Waals surface area (Å²) >= 11 is 0. The summed E-state index contributed by atoms with van der Waals surface area (Å²) in [6.45, 7) is 1.26. The highest BCUT2D eigenvalue weighted by Gasteiger charge is 2.28. The van der Waals surface area contributed by atoms with E-state index in [0.29, 0.717) is 12.1 Å². The number of carbonyl (C=O) groups is 1. The zero-order chi connectivity index (χ0) is 11.5. The summed E-state index contributed by atoms with van der Waals surface area (Å²) in [6, 6.07) is 6.59. The molecule has 0 spiro atoms. The molecule has 0 aliphatic carbocycles. The molecule has 1 unspecified atom stereocenters. The molecule has 86 valence electrons. The van der Waals surface area contributed by atoms with E-state index in [9.17, 15) is 9.90 Å². The predicted octanol–water partition coefficient (Wildman–Crippen LogP) is 0.955. The number of phenolic OH excluding ortho intramolecular Hbond substituents is 1. The summed E-state index contributed by atoms with van der Waals surface area (Å²) < 4.78 is 0. The number of hydrogen-bond acceptors (Lipinski definition) is 3. The summed E-state index contributed by atoms with van der Waals surface area (Å²) in [7, 11) is 0. The molecule has 0 bridgehead atoms. The van der Waals surface area contributed by atoms with E-state index < -0.39 is 0 Å². The van der Waals surface area contributed by atoms with Gasteiger partial charge in [-0.1, -0.05) is 6.07 Å². The Balaban J connectivity index is 2.18. The molecular formula is C12H16N2O2. The molecule has 1 heterocycles. The Labute approximate surface area is 94.7 Å². The van der Waals surface area contributed by atoms with Crippen LogP contribution in [0.5, 0.6) is 5.75 Å². The average Bonchev–Trinajstić information content (AvgIpc) is 2.76. The van der Waals surface area contributed by atoms with E-state index in [4.69, 9.17) is 5.73 Å². The van der Waals surface area contributed by atoms with Crippen LogP contribution in [0.25, 0.3) is 0 Å². The Hall–Kier alpha value is -1.55. The fraction of sp³-hybridized carbons (Fsp3) is 0.417. The molecular weight excluding hydrogens is 204 g/mol. The highest BCUT2D eigenvalue weighted by molar-refractivity contribution is 5.95. The van der Waals surface area contributed by atoms with Crippen LogP contribution in [0.2, 0.25) is 0 Å². The molecule has 0 saturated carbocycles. The number of nitrogens with zero attached hydrogens (tertiary/aromatic N) is 1. The Morgan fingerprint density at radius 1 is 1.56 bits per heavy atom. The molecule has 1 aromatic carbocycles.